The average Bonchev–Trinajstić information content (AvgIpc) is 2.33. The van der Waals surface area contributed by atoms with Gasteiger partial charge in [-0.05, 0) is 32.3 Å². The van der Waals surface area contributed by atoms with Crippen LogP contribution >= 0.6 is 0 Å². The molecule has 1 aromatic heterocycles. The Labute approximate surface area is 109 Å². The number of hydrogen-bond donors (Lipinski definition) is 0. The molecular formula is C13H16F3NO2. The van der Waals surface area contributed by atoms with Crippen molar-refractivity contribution in [3.05, 3.63) is 33.7 Å². The summed E-state index contributed by atoms with van der Waals surface area (Å²) >= 11 is 0. The number of nitrogens with zero attached hydrogens (tertiary/aromatic N) is 1. The summed E-state index contributed by atoms with van der Waals surface area (Å²) < 4.78 is 44.6. The molecule has 0 N–H and O–H groups in total. The molecule has 19 heavy (non-hydrogen) atoms. The first-order chi connectivity index (χ1) is 8.88. The van der Waals surface area contributed by atoms with Gasteiger partial charge in [0.15, 0.2) is 0 Å². The quantitative estimate of drug-likeness (QED) is 0.831. The summed E-state index contributed by atoms with van der Waals surface area (Å²) in [6, 6.07) is 1.65. The number of ether oxygens (including phenoxy) is 1. The van der Waals surface area contributed by atoms with Crippen LogP contribution in [0.3, 0.4) is 0 Å². The lowest BCUT2D eigenvalue weighted by molar-refractivity contribution is -0.137. The van der Waals surface area contributed by atoms with Crippen LogP contribution in [0.25, 0.3) is 0 Å². The minimum absolute atomic E-state index is 0.0816. The van der Waals surface area contributed by atoms with E-state index in [0.29, 0.717) is 24.9 Å². The Kier molecular flexibility index (Phi) is 3.99. The summed E-state index contributed by atoms with van der Waals surface area (Å²) in [4.78, 5) is 11.8. The Morgan fingerprint density at radius 1 is 1.37 bits per heavy atom. The Morgan fingerprint density at radius 3 is 2.63 bits per heavy atom. The largest absolute Gasteiger partial charge is 0.416 e. The van der Waals surface area contributed by atoms with Gasteiger partial charge < -0.3 is 9.30 Å². The highest BCUT2D eigenvalue weighted by molar-refractivity contribution is 5.20. The van der Waals surface area contributed by atoms with Crippen molar-refractivity contribution in [2.45, 2.75) is 45.0 Å². The van der Waals surface area contributed by atoms with Crippen LogP contribution in [0.4, 0.5) is 13.2 Å². The van der Waals surface area contributed by atoms with Crippen molar-refractivity contribution < 1.29 is 17.9 Å². The fourth-order valence-electron chi connectivity index (χ4n) is 2.28. The van der Waals surface area contributed by atoms with E-state index in [0.717, 1.165) is 25.3 Å². The second kappa shape index (κ2) is 5.36. The molecule has 6 heteroatoms. The molecule has 1 atom stereocenters. The number of alkyl halides is 3. The van der Waals surface area contributed by atoms with E-state index in [2.05, 4.69) is 0 Å². The monoisotopic (exact) mass is 275 g/mol. The lowest BCUT2D eigenvalue weighted by atomic mass is 10.1. The first-order valence-corrected chi connectivity index (χ1v) is 6.28. The van der Waals surface area contributed by atoms with Crippen molar-refractivity contribution in [1.82, 2.24) is 4.57 Å². The first-order valence-electron chi connectivity index (χ1n) is 6.28. The van der Waals surface area contributed by atoms with Crippen molar-refractivity contribution >= 4 is 0 Å². The highest BCUT2D eigenvalue weighted by atomic mass is 19.4. The molecule has 0 aliphatic carbocycles. The minimum atomic E-state index is -4.48. The summed E-state index contributed by atoms with van der Waals surface area (Å²) in [6.45, 7) is 2.49. The first kappa shape index (κ1) is 14.1. The zero-order chi connectivity index (χ0) is 14.0. The summed E-state index contributed by atoms with van der Waals surface area (Å²) in [6.07, 6.45) is -1.70. The molecule has 0 amide bonds. The summed E-state index contributed by atoms with van der Waals surface area (Å²) in [7, 11) is 0. The van der Waals surface area contributed by atoms with E-state index < -0.39 is 17.3 Å². The summed E-state index contributed by atoms with van der Waals surface area (Å²) in [5, 5.41) is 0. The van der Waals surface area contributed by atoms with Crippen LogP contribution < -0.4 is 5.56 Å². The molecule has 1 aliphatic rings. The van der Waals surface area contributed by atoms with E-state index in [1.807, 2.05) is 0 Å². The third-order valence-electron chi connectivity index (χ3n) is 3.32. The second-order valence-electron chi connectivity index (χ2n) is 4.82. The molecule has 1 aliphatic heterocycles. The number of aryl methyl sites for hydroxylation is 1. The van der Waals surface area contributed by atoms with Crippen molar-refractivity contribution in [1.29, 1.82) is 0 Å². The predicted molar refractivity (Wildman–Crippen MR) is 64.0 cm³/mol. The van der Waals surface area contributed by atoms with Crippen molar-refractivity contribution in [2.75, 3.05) is 6.61 Å². The molecule has 2 heterocycles. The number of hydrogen-bond acceptors (Lipinski definition) is 2. The molecule has 1 fully saturated rings. The molecule has 0 bridgehead atoms. The van der Waals surface area contributed by atoms with Gasteiger partial charge in [0.2, 0.25) is 0 Å². The van der Waals surface area contributed by atoms with E-state index in [1.165, 1.54) is 11.5 Å². The van der Waals surface area contributed by atoms with Gasteiger partial charge in [0.05, 0.1) is 18.2 Å². The van der Waals surface area contributed by atoms with Gasteiger partial charge in [-0.15, -0.1) is 0 Å². The molecule has 0 radical (unpaired) electrons. The zero-order valence-corrected chi connectivity index (χ0v) is 10.7. The lowest BCUT2D eigenvalue weighted by Gasteiger charge is -2.24. The van der Waals surface area contributed by atoms with Crippen molar-refractivity contribution in [3.63, 3.8) is 0 Å². The number of halogens is 3. The topological polar surface area (TPSA) is 31.2 Å². The normalized spacial score (nSPS) is 20.5. The minimum Gasteiger partial charge on any atom is -0.376 e. The van der Waals surface area contributed by atoms with Crippen LogP contribution in [0, 0.1) is 6.92 Å². The molecule has 3 nitrogen and oxygen atoms in total. The molecule has 106 valence electrons. The third-order valence-corrected chi connectivity index (χ3v) is 3.32. The van der Waals surface area contributed by atoms with Crippen molar-refractivity contribution in [3.8, 4) is 0 Å². The predicted octanol–water partition coefficient (Wildman–Crippen LogP) is 2.74. The van der Waals surface area contributed by atoms with E-state index in [1.54, 1.807) is 0 Å². The smallest absolute Gasteiger partial charge is 0.376 e. The molecular weight excluding hydrogens is 259 g/mol. The van der Waals surface area contributed by atoms with Gasteiger partial charge in [-0.1, -0.05) is 0 Å². The van der Waals surface area contributed by atoms with Crippen LogP contribution in [0.15, 0.2) is 16.9 Å². The maximum Gasteiger partial charge on any atom is 0.416 e. The Morgan fingerprint density at radius 2 is 2.11 bits per heavy atom. The molecule has 1 saturated heterocycles. The van der Waals surface area contributed by atoms with Gasteiger partial charge >= 0.3 is 6.18 Å². The lowest BCUT2D eigenvalue weighted by Crippen LogP contribution is -2.32. The molecule has 0 saturated carbocycles. The SMILES string of the molecule is Cc1cc(C(F)(F)F)cc(=O)n1CC1CCCCO1. The molecule has 1 aromatic rings. The summed E-state index contributed by atoms with van der Waals surface area (Å²) in [5.41, 5.74) is -1.20. The number of pyridine rings is 1. The zero-order valence-electron chi connectivity index (χ0n) is 10.7. The van der Waals surface area contributed by atoms with Crippen LogP contribution in [0.5, 0.6) is 0 Å². The highest BCUT2D eigenvalue weighted by Gasteiger charge is 2.31. The number of aromatic nitrogens is 1. The summed E-state index contributed by atoms with van der Waals surface area (Å²) in [5.74, 6) is 0. The van der Waals surface area contributed by atoms with Gasteiger partial charge in [-0.3, -0.25) is 4.79 Å². The van der Waals surface area contributed by atoms with Crippen LogP contribution in [0.1, 0.15) is 30.5 Å². The standard InChI is InChI=1S/C13H16F3NO2/c1-9-6-10(13(14,15)16)7-12(18)17(9)8-11-4-2-3-5-19-11/h6-7,11H,2-5,8H2,1H3. The maximum absolute atomic E-state index is 12.6. The maximum atomic E-state index is 12.6. The Bertz CT molecular complexity index is 502. The van der Waals surface area contributed by atoms with Gasteiger partial charge in [0.1, 0.15) is 0 Å². The van der Waals surface area contributed by atoms with E-state index in [-0.39, 0.29) is 6.10 Å². The fourth-order valence-corrected chi connectivity index (χ4v) is 2.28. The van der Waals surface area contributed by atoms with Gasteiger partial charge in [0, 0.05) is 18.4 Å². The highest BCUT2D eigenvalue weighted by Crippen LogP contribution is 2.28. The molecule has 2 rings (SSSR count). The fraction of sp³-hybridized carbons (Fsp3) is 0.615. The van der Waals surface area contributed by atoms with E-state index in [9.17, 15) is 18.0 Å². The van der Waals surface area contributed by atoms with Crippen LogP contribution in [0.2, 0.25) is 0 Å². The van der Waals surface area contributed by atoms with Gasteiger partial charge in [0.25, 0.3) is 5.56 Å². The average molecular weight is 275 g/mol. The van der Waals surface area contributed by atoms with Crippen LogP contribution in [-0.4, -0.2) is 17.3 Å². The van der Waals surface area contributed by atoms with Crippen molar-refractivity contribution in [2.24, 2.45) is 0 Å². The molecule has 0 spiro atoms. The second-order valence-corrected chi connectivity index (χ2v) is 4.82. The van der Waals surface area contributed by atoms with E-state index >= 15 is 0 Å². The number of rotatable bonds is 2. The van der Waals surface area contributed by atoms with Gasteiger partial charge in [-0.25, -0.2) is 0 Å². The van der Waals surface area contributed by atoms with Gasteiger partial charge in [-0.2, -0.15) is 13.2 Å². The van der Waals surface area contributed by atoms with E-state index in [4.69, 9.17) is 4.74 Å². The molecule has 1 unspecified atom stereocenters. The van der Waals surface area contributed by atoms with Crippen LogP contribution in [-0.2, 0) is 17.5 Å². The third kappa shape index (κ3) is 3.37. The Hall–Kier alpha value is -1.30. The molecule has 0 aromatic carbocycles. The Balaban J connectivity index is 2.24.